The maximum Gasteiger partial charge on any atom is 0.435 e. The normalized spacial score (nSPS) is 11.8. The molecule has 4 rings (SSSR count). The number of alkyl halides is 3. The minimum atomic E-state index is -4.92. The van der Waals surface area contributed by atoms with Gasteiger partial charge in [-0.05, 0) is 43.3 Å². The number of imidazole rings is 1. The third-order valence-corrected chi connectivity index (χ3v) is 4.99. The molecule has 7 nitrogen and oxygen atoms in total. The Morgan fingerprint density at radius 3 is 2.44 bits per heavy atom. The summed E-state index contributed by atoms with van der Waals surface area (Å²) in [5.74, 6) is -1.04. The van der Waals surface area contributed by atoms with E-state index >= 15 is 0 Å². The topological polar surface area (TPSA) is 68.8 Å². The van der Waals surface area contributed by atoms with Crippen molar-refractivity contribution in [2.75, 3.05) is 7.05 Å². The fraction of sp³-hybridized carbons (Fsp3) is 0.238. The summed E-state index contributed by atoms with van der Waals surface area (Å²) in [6.45, 7) is 2.46. The van der Waals surface area contributed by atoms with E-state index in [2.05, 4.69) is 15.3 Å². The van der Waals surface area contributed by atoms with Crippen molar-refractivity contribution in [3.05, 3.63) is 71.6 Å². The van der Waals surface area contributed by atoms with Crippen LogP contribution in [0, 0.1) is 5.82 Å². The van der Waals surface area contributed by atoms with Crippen molar-refractivity contribution < 1.29 is 22.4 Å². The molecule has 0 atom stereocenters. The van der Waals surface area contributed by atoms with Gasteiger partial charge in [0.05, 0.1) is 23.3 Å². The number of fused-ring (bicyclic) bond motifs is 1. The van der Waals surface area contributed by atoms with Gasteiger partial charge in [0, 0.05) is 13.6 Å². The Kier molecular flexibility index (Phi) is 5.41. The molecule has 166 valence electrons. The number of halogens is 4. The van der Waals surface area contributed by atoms with Gasteiger partial charge in [0.1, 0.15) is 11.6 Å². The summed E-state index contributed by atoms with van der Waals surface area (Å²) in [6, 6.07) is 11.6. The Morgan fingerprint density at radius 1 is 1.09 bits per heavy atom. The molecule has 0 unspecified atom stereocenters. The highest BCUT2D eigenvalue weighted by molar-refractivity contribution is 5.93. The van der Waals surface area contributed by atoms with E-state index in [1.807, 2.05) is 35.8 Å². The lowest BCUT2D eigenvalue weighted by Crippen LogP contribution is -2.30. The second-order valence-electron chi connectivity index (χ2n) is 7.09. The fourth-order valence-electron chi connectivity index (χ4n) is 3.51. The van der Waals surface area contributed by atoms with Crippen LogP contribution >= 0.6 is 0 Å². The van der Waals surface area contributed by atoms with Crippen molar-refractivity contribution in [3.63, 3.8) is 0 Å². The average Bonchev–Trinajstić information content (AvgIpc) is 3.35. The first-order valence-electron chi connectivity index (χ1n) is 9.69. The zero-order chi connectivity index (χ0) is 23.0. The predicted molar refractivity (Wildman–Crippen MR) is 108 cm³/mol. The van der Waals surface area contributed by atoms with E-state index in [4.69, 9.17) is 0 Å². The summed E-state index contributed by atoms with van der Waals surface area (Å²) in [7, 11) is 1.37. The van der Waals surface area contributed by atoms with E-state index in [1.54, 1.807) is 0 Å². The van der Waals surface area contributed by atoms with Crippen LogP contribution in [0.3, 0.4) is 0 Å². The van der Waals surface area contributed by atoms with Crippen LogP contribution in [0.15, 0.2) is 48.5 Å². The number of hydrogen-bond donors (Lipinski definition) is 0. The van der Waals surface area contributed by atoms with Gasteiger partial charge in [-0.15, -0.1) is 5.10 Å². The number of hydrogen-bond acceptors (Lipinski definition) is 4. The minimum absolute atomic E-state index is 0.0257. The molecular weight excluding hydrogens is 428 g/mol. The summed E-state index contributed by atoms with van der Waals surface area (Å²) >= 11 is 0. The van der Waals surface area contributed by atoms with Crippen LogP contribution in [0.25, 0.3) is 16.7 Å². The molecule has 0 saturated carbocycles. The molecule has 0 radical (unpaired) electrons. The first-order chi connectivity index (χ1) is 15.2. The number of carbonyl (C=O) groups excluding carboxylic acids is 1. The number of amides is 1. The maximum atomic E-state index is 13.9. The van der Waals surface area contributed by atoms with Gasteiger partial charge in [-0.25, -0.2) is 14.1 Å². The lowest BCUT2D eigenvalue weighted by atomic mass is 10.2. The number of para-hydroxylation sites is 2. The summed E-state index contributed by atoms with van der Waals surface area (Å²) in [6.07, 6.45) is -4.92. The van der Waals surface area contributed by atoms with Crippen molar-refractivity contribution in [2.45, 2.75) is 26.2 Å². The van der Waals surface area contributed by atoms with Gasteiger partial charge in [-0.3, -0.25) is 4.79 Å². The molecule has 32 heavy (non-hydrogen) atoms. The SMILES string of the molecule is CCn1c(CN(C)C(=O)c2nnn(-c3ccc(F)cc3)c2C(F)(F)F)nc2ccccc21. The number of benzene rings is 2. The molecule has 0 bridgehead atoms. The molecule has 0 saturated heterocycles. The van der Waals surface area contributed by atoms with Crippen molar-refractivity contribution >= 4 is 16.9 Å². The van der Waals surface area contributed by atoms with E-state index in [-0.39, 0.29) is 12.2 Å². The molecule has 2 aromatic heterocycles. The quantitative estimate of drug-likeness (QED) is 0.434. The van der Waals surface area contributed by atoms with E-state index < -0.39 is 29.3 Å². The second-order valence-corrected chi connectivity index (χ2v) is 7.09. The zero-order valence-corrected chi connectivity index (χ0v) is 17.1. The molecule has 0 N–H and O–H groups in total. The van der Waals surface area contributed by atoms with Crippen LogP contribution in [-0.2, 0) is 19.3 Å². The summed E-state index contributed by atoms with van der Waals surface area (Å²) in [5, 5.41) is 7.03. The van der Waals surface area contributed by atoms with Crippen LogP contribution in [0.4, 0.5) is 17.6 Å². The lowest BCUT2D eigenvalue weighted by molar-refractivity contribution is -0.143. The van der Waals surface area contributed by atoms with E-state index in [0.717, 1.165) is 40.2 Å². The minimum Gasteiger partial charge on any atom is -0.333 e. The second kappa shape index (κ2) is 8.06. The van der Waals surface area contributed by atoms with Crippen molar-refractivity contribution in [3.8, 4) is 5.69 Å². The standard InChI is InChI=1S/C21H18F4N6O/c1-3-30-16-7-5-4-6-15(16)26-17(30)12-29(2)20(32)18-19(21(23,24)25)31(28-27-18)14-10-8-13(22)9-11-14/h4-11H,3,12H2,1-2H3. The van der Waals surface area contributed by atoms with E-state index in [9.17, 15) is 22.4 Å². The highest BCUT2D eigenvalue weighted by Gasteiger charge is 2.42. The lowest BCUT2D eigenvalue weighted by Gasteiger charge is -2.18. The predicted octanol–water partition coefficient (Wildman–Crippen LogP) is 4.07. The Balaban J connectivity index is 1.69. The molecule has 0 aliphatic carbocycles. The summed E-state index contributed by atoms with van der Waals surface area (Å²) in [4.78, 5) is 18.6. The van der Waals surface area contributed by atoms with Gasteiger partial charge in [0.15, 0.2) is 11.4 Å². The molecule has 11 heteroatoms. The van der Waals surface area contributed by atoms with Crippen LogP contribution in [-0.4, -0.2) is 42.4 Å². The maximum absolute atomic E-state index is 13.9. The van der Waals surface area contributed by atoms with Crippen molar-refractivity contribution in [2.24, 2.45) is 0 Å². The highest BCUT2D eigenvalue weighted by Crippen LogP contribution is 2.33. The highest BCUT2D eigenvalue weighted by atomic mass is 19.4. The smallest absolute Gasteiger partial charge is 0.333 e. The molecule has 0 aliphatic heterocycles. The molecular formula is C21H18F4N6O. The number of nitrogens with zero attached hydrogens (tertiary/aromatic N) is 6. The van der Waals surface area contributed by atoms with Gasteiger partial charge < -0.3 is 9.47 Å². The first kappa shape index (κ1) is 21.5. The third-order valence-electron chi connectivity index (χ3n) is 4.99. The van der Waals surface area contributed by atoms with Crippen LogP contribution in [0.5, 0.6) is 0 Å². The van der Waals surface area contributed by atoms with Crippen LogP contribution in [0.1, 0.15) is 28.9 Å². The molecule has 1 amide bonds. The number of aromatic nitrogens is 5. The monoisotopic (exact) mass is 446 g/mol. The summed E-state index contributed by atoms with van der Waals surface area (Å²) in [5.41, 5.74) is -0.651. The van der Waals surface area contributed by atoms with Crippen LogP contribution in [0.2, 0.25) is 0 Å². The molecule has 0 aliphatic rings. The van der Waals surface area contributed by atoms with Gasteiger partial charge in [-0.1, -0.05) is 17.3 Å². The van der Waals surface area contributed by atoms with E-state index in [0.29, 0.717) is 17.1 Å². The molecule has 0 spiro atoms. The van der Waals surface area contributed by atoms with Gasteiger partial charge in [0.25, 0.3) is 5.91 Å². The van der Waals surface area contributed by atoms with E-state index in [1.165, 1.54) is 7.05 Å². The Hall–Kier alpha value is -3.76. The van der Waals surface area contributed by atoms with Crippen LogP contribution < -0.4 is 0 Å². The number of carbonyl (C=O) groups is 1. The van der Waals surface area contributed by atoms with Gasteiger partial charge in [0.2, 0.25) is 0 Å². The molecule has 0 fully saturated rings. The van der Waals surface area contributed by atoms with Crippen molar-refractivity contribution in [1.82, 2.24) is 29.4 Å². The Morgan fingerprint density at radius 2 is 1.78 bits per heavy atom. The first-order valence-corrected chi connectivity index (χ1v) is 9.69. The van der Waals surface area contributed by atoms with Gasteiger partial charge in [-0.2, -0.15) is 13.2 Å². The average molecular weight is 446 g/mol. The molecule has 2 heterocycles. The van der Waals surface area contributed by atoms with Gasteiger partial charge >= 0.3 is 6.18 Å². The fourth-order valence-corrected chi connectivity index (χ4v) is 3.51. The number of aryl methyl sites for hydroxylation is 1. The zero-order valence-electron chi connectivity index (χ0n) is 17.1. The largest absolute Gasteiger partial charge is 0.435 e. The Labute approximate surface area is 179 Å². The summed E-state index contributed by atoms with van der Waals surface area (Å²) < 4.78 is 57.1. The molecule has 2 aromatic carbocycles. The van der Waals surface area contributed by atoms with Crippen molar-refractivity contribution in [1.29, 1.82) is 0 Å². The Bertz CT molecular complexity index is 1280. The number of rotatable bonds is 5. The molecule has 4 aromatic rings. The third kappa shape index (κ3) is 3.81.